The van der Waals surface area contributed by atoms with E-state index in [1.54, 1.807) is 11.9 Å². The van der Waals surface area contributed by atoms with Crippen molar-refractivity contribution >= 4 is 12.1 Å². The van der Waals surface area contributed by atoms with Crippen molar-refractivity contribution in [3.05, 3.63) is 0 Å². The lowest BCUT2D eigenvalue weighted by atomic mass is 10.1. The maximum absolute atomic E-state index is 12.3. The van der Waals surface area contributed by atoms with E-state index in [1.165, 1.54) is 26.2 Å². The normalized spacial score (nSPS) is 31.6. The van der Waals surface area contributed by atoms with Crippen LogP contribution in [0, 0.1) is 0 Å². The smallest absolute Gasteiger partial charge is 0.410 e. The van der Waals surface area contributed by atoms with Gasteiger partial charge in [0.2, 0.25) is 0 Å². The minimum atomic E-state index is -0.459. The second kappa shape index (κ2) is 8.65. The molecule has 154 valence electrons. The van der Waals surface area contributed by atoms with Crippen LogP contribution < -0.4 is 10.6 Å². The average Bonchev–Trinajstić information content (AvgIpc) is 2.65. The number of piperazine rings is 3. The fourth-order valence-electron chi connectivity index (χ4n) is 4.11. The molecule has 0 aromatic carbocycles. The number of amides is 1. The Morgan fingerprint density at radius 3 is 2.48 bits per heavy atom. The molecule has 0 aromatic heterocycles. The van der Waals surface area contributed by atoms with Crippen molar-refractivity contribution in [3.8, 4) is 0 Å². The second-order valence-electron chi connectivity index (χ2n) is 8.85. The summed E-state index contributed by atoms with van der Waals surface area (Å²) in [4.78, 5) is 23.6. The number of hydrogen-bond acceptors (Lipinski definition) is 5. The van der Waals surface area contributed by atoms with Crippen LogP contribution in [-0.2, 0) is 4.74 Å². The molecule has 27 heavy (non-hydrogen) atoms. The van der Waals surface area contributed by atoms with Crippen molar-refractivity contribution in [2.75, 3.05) is 59.4 Å². The number of rotatable bonds is 3. The monoisotopic (exact) mass is 380 g/mol. The highest BCUT2D eigenvalue weighted by Crippen LogP contribution is 2.16. The Labute approximate surface area is 163 Å². The summed E-state index contributed by atoms with van der Waals surface area (Å²) in [5.41, 5.74) is -0.459. The number of carbonyl (C=O) groups excluding carboxylic acids is 1. The number of aliphatic imine (C=N–C) groups is 1. The number of nitrogens with zero attached hydrogens (tertiary/aromatic N) is 4. The van der Waals surface area contributed by atoms with Gasteiger partial charge in [-0.2, -0.15) is 0 Å². The molecule has 4 heterocycles. The average molecular weight is 381 g/mol. The Morgan fingerprint density at radius 2 is 1.89 bits per heavy atom. The molecule has 0 aromatic rings. The standard InChI is InChI=1S/C19H36N6O2/c1-19(2,3)27-18(26)25-7-5-6-15(13-25)22-17(20-4)21-12-16-14-23-8-10-24(16)11-9-23/h15-16H,5-14H2,1-4H3,(H2,20,21,22). The first-order valence-corrected chi connectivity index (χ1v) is 10.3. The van der Waals surface area contributed by atoms with E-state index < -0.39 is 5.60 Å². The van der Waals surface area contributed by atoms with Crippen LogP contribution in [0.25, 0.3) is 0 Å². The third kappa shape index (κ3) is 5.72. The van der Waals surface area contributed by atoms with Crippen LogP contribution in [0.4, 0.5) is 4.79 Å². The van der Waals surface area contributed by atoms with E-state index in [9.17, 15) is 4.79 Å². The van der Waals surface area contributed by atoms with Gasteiger partial charge in [-0.15, -0.1) is 0 Å². The molecule has 1 amide bonds. The highest BCUT2D eigenvalue weighted by atomic mass is 16.6. The summed E-state index contributed by atoms with van der Waals surface area (Å²) in [5.74, 6) is 0.823. The number of fused-ring (bicyclic) bond motifs is 3. The molecule has 0 spiro atoms. The Kier molecular flexibility index (Phi) is 6.47. The SMILES string of the molecule is CN=C(NCC1CN2CCN1CC2)NC1CCCN(C(=O)OC(C)(C)C)C1. The first-order valence-electron chi connectivity index (χ1n) is 10.3. The fourth-order valence-corrected chi connectivity index (χ4v) is 4.11. The Bertz CT molecular complexity index is 539. The van der Waals surface area contributed by atoms with Crippen LogP contribution in [-0.4, -0.2) is 104 Å². The van der Waals surface area contributed by atoms with Crippen LogP contribution in [0.2, 0.25) is 0 Å². The Balaban J connectivity index is 1.45. The molecule has 2 N–H and O–H groups in total. The molecule has 2 unspecified atom stereocenters. The van der Waals surface area contributed by atoms with E-state index in [0.717, 1.165) is 38.4 Å². The predicted molar refractivity (Wildman–Crippen MR) is 107 cm³/mol. The van der Waals surface area contributed by atoms with E-state index in [1.807, 2.05) is 20.8 Å². The van der Waals surface area contributed by atoms with E-state index in [-0.39, 0.29) is 12.1 Å². The molecule has 4 rings (SSSR count). The highest BCUT2D eigenvalue weighted by molar-refractivity contribution is 5.80. The summed E-state index contributed by atoms with van der Waals surface area (Å²) in [6, 6.07) is 0.750. The van der Waals surface area contributed by atoms with Crippen molar-refractivity contribution in [2.24, 2.45) is 4.99 Å². The van der Waals surface area contributed by atoms with Crippen LogP contribution in [0.15, 0.2) is 4.99 Å². The largest absolute Gasteiger partial charge is 0.444 e. The van der Waals surface area contributed by atoms with Crippen molar-refractivity contribution < 1.29 is 9.53 Å². The molecule has 4 saturated heterocycles. The summed E-state index contributed by atoms with van der Waals surface area (Å²) in [6.45, 7) is 13.9. The molecule has 2 bridgehead atoms. The molecular weight excluding hydrogens is 344 g/mol. The van der Waals surface area contributed by atoms with Gasteiger partial charge in [0, 0.05) is 71.5 Å². The summed E-state index contributed by atoms with van der Waals surface area (Å²) in [6.07, 6.45) is 1.78. The molecule has 4 fully saturated rings. The lowest BCUT2D eigenvalue weighted by Gasteiger charge is -2.47. The molecule has 4 aliphatic heterocycles. The quantitative estimate of drug-likeness (QED) is 0.550. The summed E-state index contributed by atoms with van der Waals surface area (Å²) in [7, 11) is 1.81. The molecule has 0 saturated carbocycles. The van der Waals surface area contributed by atoms with Crippen LogP contribution in [0.5, 0.6) is 0 Å². The number of likely N-dealkylation sites (tertiary alicyclic amines) is 1. The van der Waals surface area contributed by atoms with E-state index in [4.69, 9.17) is 4.74 Å². The molecule has 0 radical (unpaired) electrons. The summed E-state index contributed by atoms with van der Waals surface area (Å²) >= 11 is 0. The second-order valence-corrected chi connectivity index (χ2v) is 8.85. The molecule has 8 heteroatoms. The first-order chi connectivity index (χ1) is 12.8. The lowest BCUT2D eigenvalue weighted by molar-refractivity contribution is 0.0152. The summed E-state index contributed by atoms with van der Waals surface area (Å²) < 4.78 is 5.52. The van der Waals surface area contributed by atoms with E-state index in [2.05, 4.69) is 25.4 Å². The fraction of sp³-hybridized carbons (Fsp3) is 0.895. The topological polar surface area (TPSA) is 72.4 Å². The van der Waals surface area contributed by atoms with Crippen LogP contribution in [0.1, 0.15) is 33.6 Å². The number of hydrogen-bond donors (Lipinski definition) is 2. The van der Waals surface area contributed by atoms with Gasteiger partial charge < -0.3 is 20.3 Å². The van der Waals surface area contributed by atoms with Gasteiger partial charge in [-0.05, 0) is 33.6 Å². The molecule has 0 aliphatic carbocycles. The van der Waals surface area contributed by atoms with Crippen molar-refractivity contribution in [2.45, 2.75) is 51.3 Å². The maximum atomic E-state index is 12.3. The van der Waals surface area contributed by atoms with Gasteiger partial charge >= 0.3 is 6.09 Å². The number of piperidine rings is 1. The van der Waals surface area contributed by atoms with Crippen molar-refractivity contribution in [1.29, 1.82) is 0 Å². The number of guanidine groups is 1. The molecule has 4 aliphatic rings. The molecule has 8 nitrogen and oxygen atoms in total. The highest BCUT2D eigenvalue weighted by Gasteiger charge is 2.32. The zero-order valence-corrected chi connectivity index (χ0v) is 17.3. The van der Waals surface area contributed by atoms with Crippen molar-refractivity contribution in [1.82, 2.24) is 25.3 Å². The Morgan fingerprint density at radius 1 is 1.15 bits per heavy atom. The minimum Gasteiger partial charge on any atom is -0.444 e. The van der Waals surface area contributed by atoms with Gasteiger partial charge in [-0.25, -0.2) is 4.79 Å². The van der Waals surface area contributed by atoms with Gasteiger partial charge in [-0.1, -0.05) is 0 Å². The number of carbonyl (C=O) groups is 1. The van der Waals surface area contributed by atoms with E-state index in [0.29, 0.717) is 12.6 Å². The molecule has 2 atom stereocenters. The van der Waals surface area contributed by atoms with Crippen molar-refractivity contribution in [3.63, 3.8) is 0 Å². The van der Waals surface area contributed by atoms with Gasteiger partial charge in [0.25, 0.3) is 0 Å². The minimum absolute atomic E-state index is 0.198. The Hall–Kier alpha value is -1.54. The first kappa shape index (κ1) is 20.2. The third-order valence-corrected chi connectivity index (χ3v) is 5.53. The van der Waals surface area contributed by atoms with Crippen LogP contribution >= 0.6 is 0 Å². The van der Waals surface area contributed by atoms with Gasteiger partial charge in [0.05, 0.1) is 0 Å². The maximum Gasteiger partial charge on any atom is 0.410 e. The number of ether oxygens (including phenoxy) is 1. The molecular formula is C19H36N6O2. The van der Waals surface area contributed by atoms with Gasteiger partial charge in [-0.3, -0.25) is 14.8 Å². The zero-order chi connectivity index (χ0) is 19.4. The lowest BCUT2D eigenvalue weighted by Crippen LogP contribution is -2.64. The number of nitrogens with one attached hydrogen (secondary N) is 2. The van der Waals surface area contributed by atoms with Gasteiger partial charge in [0.15, 0.2) is 5.96 Å². The zero-order valence-electron chi connectivity index (χ0n) is 17.3. The van der Waals surface area contributed by atoms with E-state index >= 15 is 0 Å². The summed E-state index contributed by atoms with van der Waals surface area (Å²) in [5, 5.41) is 6.98. The van der Waals surface area contributed by atoms with Gasteiger partial charge in [0.1, 0.15) is 5.60 Å². The van der Waals surface area contributed by atoms with Crippen LogP contribution in [0.3, 0.4) is 0 Å². The predicted octanol–water partition coefficient (Wildman–Crippen LogP) is 0.551. The third-order valence-electron chi connectivity index (χ3n) is 5.53.